The topological polar surface area (TPSA) is 101 Å². The van der Waals surface area contributed by atoms with Crippen LogP contribution in [0.4, 0.5) is 0 Å². The Kier molecular flexibility index (Phi) is 4.50. The molecule has 0 unspecified atom stereocenters. The molecular weight excluding hydrogens is 180 g/mol. The number of rotatable bonds is 5. The van der Waals surface area contributed by atoms with Gasteiger partial charge in [-0.05, 0) is 0 Å². The number of ether oxygens (including phenoxy) is 1. The summed E-state index contributed by atoms with van der Waals surface area (Å²) in [5, 5.41) is 16.7. The number of esters is 1. The Balaban J connectivity index is 4.18. The predicted octanol–water partition coefficient (Wildman–Crippen LogP) is -0.132. The van der Waals surface area contributed by atoms with E-state index >= 15 is 0 Å². The molecule has 0 amide bonds. The smallest absolute Gasteiger partial charge is 0.345 e. The van der Waals surface area contributed by atoms with Crippen LogP contribution in [0.5, 0.6) is 0 Å². The quantitative estimate of drug-likeness (QED) is 0.585. The van der Waals surface area contributed by atoms with Gasteiger partial charge in [-0.25, -0.2) is 4.79 Å². The maximum absolute atomic E-state index is 10.6. The van der Waals surface area contributed by atoms with Crippen molar-refractivity contribution in [3.05, 3.63) is 0 Å². The molecule has 0 rings (SSSR count). The molecule has 0 aliphatic rings. The van der Waals surface area contributed by atoms with Gasteiger partial charge in [-0.3, -0.25) is 9.59 Å². The van der Waals surface area contributed by atoms with Crippen molar-refractivity contribution in [1.82, 2.24) is 0 Å². The molecule has 2 N–H and O–H groups in total. The first-order valence-corrected chi connectivity index (χ1v) is 3.61. The maximum atomic E-state index is 10.6. The normalized spacial score (nSPS) is 11.8. The number of hydrogen-bond donors (Lipinski definition) is 2. The van der Waals surface area contributed by atoms with Gasteiger partial charge in [0.15, 0.2) is 0 Å². The summed E-state index contributed by atoms with van der Waals surface area (Å²) in [6.07, 6.45) is -2.30. The van der Waals surface area contributed by atoms with Crippen LogP contribution in [0, 0.1) is 0 Å². The molecule has 0 aliphatic carbocycles. The molecule has 13 heavy (non-hydrogen) atoms. The van der Waals surface area contributed by atoms with E-state index in [1.54, 1.807) is 0 Å². The Labute approximate surface area is 74.1 Å². The zero-order valence-corrected chi connectivity index (χ0v) is 7.02. The molecule has 6 nitrogen and oxygen atoms in total. The van der Waals surface area contributed by atoms with Gasteiger partial charge in [0, 0.05) is 6.42 Å². The average molecular weight is 190 g/mol. The Bertz CT molecular complexity index is 221. The van der Waals surface area contributed by atoms with Crippen LogP contribution in [0.15, 0.2) is 0 Å². The third-order valence-electron chi connectivity index (χ3n) is 1.20. The molecule has 0 saturated carbocycles. The molecule has 0 saturated heterocycles. The van der Waals surface area contributed by atoms with Crippen LogP contribution in [-0.4, -0.2) is 34.2 Å². The largest absolute Gasteiger partial charge is 0.481 e. The Hall–Kier alpha value is -1.59. The summed E-state index contributed by atoms with van der Waals surface area (Å²) in [6, 6.07) is 0. The van der Waals surface area contributed by atoms with Gasteiger partial charge in [0.25, 0.3) is 0 Å². The van der Waals surface area contributed by atoms with E-state index in [4.69, 9.17) is 10.2 Å². The highest BCUT2D eigenvalue weighted by atomic mass is 16.6. The van der Waals surface area contributed by atoms with Gasteiger partial charge in [0.1, 0.15) is 0 Å². The summed E-state index contributed by atoms with van der Waals surface area (Å²) in [6.45, 7) is 1.49. The van der Waals surface area contributed by atoms with E-state index in [1.165, 1.54) is 6.92 Å². The first-order valence-electron chi connectivity index (χ1n) is 3.61. The fourth-order valence-electron chi connectivity index (χ4n) is 0.580. The zero-order valence-electron chi connectivity index (χ0n) is 7.02. The van der Waals surface area contributed by atoms with E-state index in [2.05, 4.69) is 4.74 Å². The molecule has 1 atom stereocenters. The summed E-state index contributed by atoms with van der Waals surface area (Å²) in [5.41, 5.74) is 0. The summed E-state index contributed by atoms with van der Waals surface area (Å²) in [5.74, 6) is -3.51. The molecule has 74 valence electrons. The third kappa shape index (κ3) is 4.78. The van der Waals surface area contributed by atoms with Gasteiger partial charge in [-0.2, -0.15) is 0 Å². The summed E-state index contributed by atoms with van der Waals surface area (Å²) in [7, 11) is 0. The van der Waals surface area contributed by atoms with E-state index < -0.39 is 30.4 Å². The van der Waals surface area contributed by atoms with E-state index in [9.17, 15) is 14.4 Å². The van der Waals surface area contributed by atoms with Gasteiger partial charge >= 0.3 is 17.9 Å². The minimum Gasteiger partial charge on any atom is -0.481 e. The third-order valence-corrected chi connectivity index (χ3v) is 1.20. The molecule has 0 aromatic carbocycles. The molecular formula is C7H10O6. The fraction of sp³-hybridized carbons (Fsp3) is 0.571. The van der Waals surface area contributed by atoms with Crippen LogP contribution in [0.2, 0.25) is 0 Å². The van der Waals surface area contributed by atoms with Gasteiger partial charge in [0.05, 0.1) is 6.42 Å². The van der Waals surface area contributed by atoms with Crippen LogP contribution >= 0.6 is 0 Å². The van der Waals surface area contributed by atoms with Crippen molar-refractivity contribution in [2.75, 3.05) is 0 Å². The van der Waals surface area contributed by atoms with Crippen molar-refractivity contribution >= 4 is 17.9 Å². The molecule has 0 bridgehead atoms. The monoisotopic (exact) mass is 190 g/mol. The molecule has 0 aromatic heterocycles. The van der Waals surface area contributed by atoms with Crippen molar-refractivity contribution in [3.63, 3.8) is 0 Å². The van der Waals surface area contributed by atoms with Gasteiger partial charge in [-0.1, -0.05) is 6.92 Å². The van der Waals surface area contributed by atoms with Crippen molar-refractivity contribution in [2.24, 2.45) is 0 Å². The number of carbonyl (C=O) groups excluding carboxylic acids is 1. The maximum Gasteiger partial charge on any atom is 0.345 e. The zero-order chi connectivity index (χ0) is 10.4. The Morgan fingerprint density at radius 3 is 2.15 bits per heavy atom. The van der Waals surface area contributed by atoms with Gasteiger partial charge < -0.3 is 14.9 Å². The molecule has 0 spiro atoms. The lowest BCUT2D eigenvalue weighted by atomic mass is 10.2. The Morgan fingerprint density at radius 2 is 1.85 bits per heavy atom. The lowest BCUT2D eigenvalue weighted by Gasteiger charge is -2.10. The number of aliphatic carboxylic acids is 2. The van der Waals surface area contributed by atoms with Crippen molar-refractivity contribution in [2.45, 2.75) is 25.9 Å². The number of carboxylic acids is 2. The van der Waals surface area contributed by atoms with E-state index in [-0.39, 0.29) is 6.42 Å². The van der Waals surface area contributed by atoms with Crippen LogP contribution in [0.1, 0.15) is 19.8 Å². The molecule has 0 radical (unpaired) electrons. The van der Waals surface area contributed by atoms with Crippen molar-refractivity contribution in [3.8, 4) is 0 Å². The van der Waals surface area contributed by atoms with Crippen molar-refractivity contribution in [1.29, 1.82) is 0 Å². The van der Waals surface area contributed by atoms with Crippen LogP contribution in [0.25, 0.3) is 0 Å². The molecule has 6 heteroatoms. The lowest BCUT2D eigenvalue weighted by molar-refractivity contribution is -0.167. The van der Waals surface area contributed by atoms with Gasteiger partial charge in [-0.15, -0.1) is 0 Å². The highest BCUT2D eigenvalue weighted by molar-refractivity contribution is 5.82. The van der Waals surface area contributed by atoms with Crippen LogP contribution < -0.4 is 0 Å². The SMILES string of the molecule is CCC(=O)O[C@@H](CC(=O)O)C(=O)O. The second kappa shape index (κ2) is 5.13. The highest BCUT2D eigenvalue weighted by Crippen LogP contribution is 2.01. The first-order chi connectivity index (χ1) is 5.97. The number of hydrogen-bond acceptors (Lipinski definition) is 4. The molecule has 0 aliphatic heterocycles. The van der Waals surface area contributed by atoms with Crippen molar-refractivity contribution < 1.29 is 29.3 Å². The summed E-state index contributed by atoms with van der Waals surface area (Å²) in [4.78, 5) is 31.1. The van der Waals surface area contributed by atoms with E-state index in [1.807, 2.05) is 0 Å². The highest BCUT2D eigenvalue weighted by Gasteiger charge is 2.24. The molecule has 0 fully saturated rings. The van der Waals surface area contributed by atoms with Crippen LogP contribution in [-0.2, 0) is 19.1 Å². The number of carbonyl (C=O) groups is 3. The second-order valence-electron chi connectivity index (χ2n) is 2.27. The summed E-state index contributed by atoms with van der Waals surface area (Å²) < 4.78 is 4.35. The minimum absolute atomic E-state index is 0.0173. The summed E-state index contributed by atoms with van der Waals surface area (Å²) >= 11 is 0. The molecule has 0 aromatic rings. The predicted molar refractivity (Wildman–Crippen MR) is 40.1 cm³/mol. The standard InChI is InChI=1S/C7H10O6/c1-2-6(10)13-4(7(11)12)3-5(8)9/h4H,2-3H2,1H3,(H,8,9)(H,11,12)/t4-/m0/s1. The van der Waals surface area contributed by atoms with E-state index in [0.29, 0.717) is 0 Å². The van der Waals surface area contributed by atoms with E-state index in [0.717, 1.165) is 0 Å². The lowest BCUT2D eigenvalue weighted by Crippen LogP contribution is -2.29. The number of carboxylic acid groups (broad SMARTS) is 2. The van der Waals surface area contributed by atoms with Gasteiger partial charge in [0.2, 0.25) is 6.10 Å². The average Bonchev–Trinajstić information content (AvgIpc) is 2.02. The second-order valence-corrected chi connectivity index (χ2v) is 2.27. The van der Waals surface area contributed by atoms with Crippen LogP contribution in [0.3, 0.4) is 0 Å². The fourth-order valence-corrected chi connectivity index (χ4v) is 0.580. The minimum atomic E-state index is -1.59. The Morgan fingerprint density at radius 1 is 1.31 bits per heavy atom. The molecule has 0 heterocycles. The first kappa shape index (κ1) is 11.4.